The van der Waals surface area contributed by atoms with Crippen LogP contribution in [0.2, 0.25) is 0 Å². The number of para-hydroxylation sites is 1. The molecule has 8 heteroatoms. The van der Waals surface area contributed by atoms with Gasteiger partial charge in [0.1, 0.15) is 0 Å². The van der Waals surface area contributed by atoms with Gasteiger partial charge < -0.3 is 14.6 Å². The van der Waals surface area contributed by atoms with Gasteiger partial charge in [0.05, 0.1) is 30.8 Å². The summed E-state index contributed by atoms with van der Waals surface area (Å²) in [6.45, 7) is 3.11. The Balaban J connectivity index is 1.60. The van der Waals surface area contributed by atoms with Gasteiger partial charge in [-0.15, -0.1) is 0 Å². The number of amides is 1. The van der Waals surface area contributed by atoms with Crippen molar-refractivity contribution in [2.45, 2.75) is 12.5 Å². The predicted molar refractivity (Wildman–Crippen MR) is 103 cm³/mol. The van der Waals surface area contributed by atoms with E-state index < -0.39 is 9.84 Å². The first-order valence-electron chi connectivity index (χ1n) is 9.39. The van der Waals surface area contributed by atoms with Gasteiger partial charge >= 0.3 is 0 Å². The molecule has 1 amide bonds. The summed E-state index contributed by atoms with van der Waals surface area (Å²) in [5, 5.41) is 1.11. The topological polar surface area (TPSA) is 82.7 Å². The summed E-state index contributed by atoms with van der Waals surface area (Å²) in [6.07, 6.45) is 2.53. The van der Waals surface area contributed by atoms with Crippen LogP contribution in [0.25, 0.3) is 10.9 Å². The molecular formula is C19H25N3O4S. The van der Waals surface area contributed by atoms with Gasteiger partial charge in [0.2, 0.25) is 5.91 Å². The number of nitrogens with one attached hydrogen (secondary N) is 1. The van der Waals surface area contributed by atoms with Gasteiger partial charge in [-0.05, 0) is 18.1 Å². The zero-order valence-corrected chi connectivity index (χ0v) is 16.1. The van der Waals surface area contributed by atoms with E-state index in [0.29, 0.717) is 45.8 Å². The number of nitrogens with zero attached hydrogens (tertiary/aromatic N) is 2. The van der Waals surface area contributed by atoms with Gasteiger partial charge in [-0.2, -0.15) is 0 Å². The molecule has 2 fully saturated rings. The summed E-state index contributed by atoms with van der Waals surface area (Å²) in [6, 6.07) is 7.70. The van der Waals surface area contributed by atoms with Gasteiger partial charge in [0.15, 0.2) is 9.84 Å². The van der Waals surface area contributed by atoms with Crippen molar-refractivity contribution in [1.29, 1.82) is 0 Å². The fraction of sp³-hybridized carbons (Fsp3) is 0.526. The molecule has 2 aromatic rings. The molecule has 3 heterocycles. The number of hydrogen-bond donors (Lipinski definition) is 1. The maximum Gasteiger partial charge on any atom is 0.240 e. The molecule has 2 aliphatic heterocycles. The number of carbonyl (C=O) groups excluding carboxylic acids is 1. The molecule has 146 valence electrons. The lowest BCUT2D eigenvalue weighted by molar-refractivity contribution is -0.141. The van der Waals surface area contributed by atoms with E-state index in [2.05, 4.69) is 11.1 Å². The summed E-state index contributed by atoms with van der Waals surface area (Å²) >= 11 is 0. The first kappa shape index (κ1) is 18.5. The van der Waals surface area contributed by atoms with Crippen molar-refractivity contribution in [3.05, 3.63) is 36.0 Å². The van der Waals surface area contributed by atoms with Crippen LogP contribution in [0.3, 0.4) is 0 Å². The number of morpholine rings is 1. The summed E-state index contributed by atoms with van der Waals surface area (Å²) in [7, 11) is -2.99. The molecule has 2 aliphatic rings. The second kappa shape index (κ2) is 7.61. The Kier molecular flexibility index (Phi) is 5.21. The highest BCUT2D eigenvalue weighted by Crippen LogP contribution is 2.22. The van der Waals surface area contributed by atoms with Crippen LogP contribution in [0.15, 0.2) is 30.5 Å². The van der Waals surface area contributed by atoms with Gasteiger partial charge in [0, 0.05) is 43.3 Å². The monoisotopic (exact) mass is 391 g/mol. The Morgan fingerprint density at radius 1 is 1.11 bits per heavy atom. The second-order valence-corrected chi connectivity index (χ2v) is 9.51. The molecule has 0 bridgehead atoms. The summed E-state index contributed by atoms with van der Waals surface area (Å²) in [5.74, 6) is 0.310. The number of fused-ring (bicyclic) bond motifs is 1. The fourth-order valence-corrected chi connectivity index (χ4v) is 5.14. The molecule has 0 spiro atoms. The molecule has 0 unspecified atom stereocenters. The lowest BCUT2D eigenvalue weighted by Crippen LogP contribution is -2.56. The number of sulfone groups is 1. The zero-order chi connectivity index (χ0) is 18.9. The number of aromatic amines is 1. The molecule has 1 atom stereocenters. The molecule has 1 N–H and O–H groups in total. The summed E-state index contributed by atoms with van der Waals surface area (Å²) < 4.78 is 29.1. The van der Waals surface area contributed by atoms with Crippen LogP contribution in [0.5, 0.6) is 0 Å². The van der Waals surface area contributed by atoms with Crippen LogP contribution >= 0.6 is 0 Å². The van der Waals surface area contributed by atoms with Gasteiger partial charge in [-0.1, -0.05) is 18.2 Å². The molecule has 0 radical (unpaired) electrons. The van der Waals surface area contributed by atoms with Crippen molar-refractivity contribution in [3.8, 4) is 0 Å². The minimum Gasteiger partial charge on any atom is -0.378 e. The molecule has 7 nitrogen and oxygen atoms in total. The normalized spacial score (nSPS) is 22.0. The number of ether oxygens (including phenoxy) is 1. The zero-order valence-electron chi connectivity index (χ0n) is 15.3. The first-order chi connectivity index (χ1) is 13.0. The van der Waals surface area contributed by atoms with Crippen LogP contribution in [-0.4, -0.2) is 86.0 Å². The van der Waals surface area contributed by atoms with E-state index in [1.54, 1.807) is 0 Å². The van der Waals surface area contributed by atoms with Crippen molar-refractivity contribution < 1.29 is 17.9 Å². The van der Waals surface area contributed by atoms with Crippen LogP contribution in [0.4, 0.5) is 0 Å². The Morgan fingerprint density at radius 3 is 2.56 bits per heavy atom. The van der Waals surface area contributed by atoms with Crippen molar-refractivity contribution in [3.63, 3.8) is 0 Å². The maximum atomic E-state index is 13.3. The number of aromatic nitrogens is 1. The minimum absolute atomic E-state index is 0.0721. The highest BCUT2D eigenvalue weighted by Gasteiger charge is 2.34. The van der Waals surface area contributed by atoms with E-state index in [-0.39, 0.29) is 23.5 Å². The maximum absolute atomic E-state index is 13.3. The SMILES string of the molecule is O=C([C@@H](Cc1c[nH]c2ccccc12)N1CCS(=O)(=O)CC1)N1CCOCC1. The summed E-state index contributed by atoms with van der Waals surface area (Å²) in [5.41, 5.74) is 2.14. The number of H-pyrrole nitrogens is 1. The van der Waals surface area contributed by atoms with Gasteiger partial charge in [0.25, 0.3) is 0 Å². The van der Waals surface area contributed by atoms with E-state index in [0.717, 1.165) is 16.5 Å². The van der Waals surface area contributed by atoms with Gasteiger partial charge in [-0.25, -0.2) is 8.42 Å². The highest BCUT2D eigenvalue weighted by atomic mass is 32.2. The number of hydrogen-bond acceptors (Lipinski definition) is 5. The lowest BCUT2D eigenvalue weighted by Gasteiger charge is -2.37. The Labute approximate surface area is 159 Å². The average Bonchev–Trinajstić information content (AvgIpc) is 3.10. The second-order valence-electron chi connectivity index (χ2n) is 7.20. The smallest absolute Gasteiger partial charge is 0.240 e. The largest absolute Gasteiger partial charge is 0.378 e. The Hall–Kier alpha value is -1.90. The van der Waals surface area contributed by atoms with E-state index in [1.807, 2.05) is 34.2 Å². The first-order valence-corrected chi connectivity index (χ1v) is 11.2. The Bertz CT molecular complexity index is 904. The molecular weight excluding hydrogens is 366 g/mol. The van der Waals surface area contributed by atoms with Gasteiger partial charge in [-0.3, -0.25) is 9.69 Å². The molecule has 0 aliphatic carbocycles. The van der Waals surface area contributed by atoms with Crippen molar-refractivity contribution >= 4 is 26.6 Å². The third kappa shape index (κ3) is 4.02. The van der Waals surface area contributed by atoms with E-state index in [1.165, 1.54) is 0 Å². The van der Waals surface area contributed by atoms with Crippen molar-refractivity contribution in [2.24, 2.45) is 0 Å². The molecule has 2 saturated heterocycles. The van der Waals surface area contributed by atoms with E-state index in [4.69, 9.17) is 4.74 Å². The van der Waals surface area contributed by atoms with Crippen LogP contribution in [0, 0.1) is 0 Å². The third-order valence-corrected chi connectivity index (χ3v) is 7.12. The quantitative estimate of drug-likeness (QED) is 0.828. The predicted octanol–water partition coefficient (Wildman–Crippen LogP) is 0.668. The molecule has 0 saturated carbocycles. The molecule has 4 rings (SSSR count). The van der Waals surface area contributed by atoms with Crippen molar-refractivity contribution in [1.82, 2.24) is 14.8 Å². The molecule has 1 aromatic heterocycles. The molecule has 27 heavy (non-hydrogen) atoms. The van der Waals surface area contributed by atoms with Crippen molar-refractivity contribution in [2.75, 3.05) is 50.9 Å². The van der Waals surface area contributed by atoms with E-state index >= 15 is 0 Å². The van der Waals surface area contributed by atoms with Crippen LogP contribution in [0.1, 0.15) is 5.56 Å². The number of carbonyl (C=O) groups is 1. The third-order valence-electron chi connectivity index (χ3n) is 5.52. The number of benzene rings is 1. The summed E-state index contributed by atoms with van der Waals surface area (Å²) in [4.78, 5) is 20.5. The minimum atomic E-state index is -2.99. The lowest BCUT2D eigenvalue weighted by atomic mass is 10.0. The average molecular weight is 391 g/mol. The van der Waals surface area contributed by atoms with E-state index in [9.17, 15) is 13.2 Å². The molecule has 1 aromatic carbocycles. The fourth-order valence-electron chi connectivity index (χ4n) is 3.91. The standard InChI is InChI=1S/C19H25N3O4S/c23-19(22-5-9-26-10-6-22)18(21-7-11-27(24,25)12-8-21)13-15-14-20-17-4-2-1-3-16(15)17/h1-4,14,18,20H,5-13H2/t18-/m1/s1. The Morgan fingerprint density at radius 2 is 1.81 bits per heavy atom. The highest BCUT2D eigenvalue weighted by molar-refractivity contribution is 7.91. The number of rotatable bonds is 4. The van der Waals surface area contributed by atoms with Crippen LogP contribution < -0.4 is 0 Å². The van der Waals surface area contributed by atoms with Crippen LogP contribution in [-0.2, 0) is 25.8 Å².